The van der Waals surface area contributed by atoms with Crippen molar-refractivity contribution in [3.05, 3.63) is 65.2 Å². The second kappa shape index (κ2) is 9.43. The summed E-state index contributed by atoms with van der Waals surface area (Å²) in [7, 11) is 3.28. The van der Waals surface area contributed by atoms with Crippen molar-refractivity contribution in [3.8, 4) is 11.5 Å². The molecule has 2 heterocycles. The fourth-order valence-corrected chi connectivity index (χ4v) is 4.32. The Morgan fingerprint density at radius 1 is 1.06 bits per heavy atom. The van der Waals surface area contributed by atoms with E-state index >= 15 is 0 Å². The number of nitrogens with one attached hydrogen (secondary N) is 1. The normalized spacial score (nSPS) is 19.7. The molecule has 3 aromatic rings. The number of ether oxygens (including phenoxy) is 2. The van der Waals surface area contributed by atoms with Crippen LogP contribution in [0.4, 0.5) is 4.39 Å². The lowest BCUT2D eigenvalue weighted by Crippen LogP contribution is -3.13. The Balaban J connectivity index is 1.72. The zero-order chi connectivity index (χ0) is 21.8. The van der Waals surface area contributed by atoms with Crippen LogP contribution in [0, 0.1) is 11.7 Å². The van der Waals surface area contributed by atoms with Crippen LogP contribution in [0.25, 0.3) is 0 Å². The molecule has 0 spiro atoms. The van der Waals surface area contributed by atoms with E-state index in [9.17, 15) is 4.39 Å². The van der Waals surface area contributed by atoms with Crippen LogP contribution < -0.4 is 14.4 Å². The van der Waals surface area contributed by atoms with Crippen molar-refractivity contribution < 1.29 is 18.8 Å². The number of rotatable bonds is 7. The van der Waals surface area contributed by atoms with E-state index < -0.39 is 0 Å². The molecule has 4 rings (SSSR count). The molecule has 1 N–H and O–H groups in total. The minimum atomic E-state index is -0.254. The second-order valence-corrected chi connectivity index (χ2v) is 8.21. The van der Waals surface area contributed by atoms with Gasteiger partial charge in [0.15, 0.2) is 17.5 Å². The van der Waals surface area contributed by atoms with E-state index in [2.05, 4.69) is 28.5 Å². The monoisotopic (exact) mass is 426 g/mol. The lowest BCUT2D eigenvalue weighted by Gasteiger charge is -2.33. The first-order chi connectivity index (χ1) is 15.1. The number of tetrazole rings is 1. The highest BCUT2D eigenvalue weighted by Gasteiger charge is 2.34. The van der Waals surface area contributed by atoms with E-state index in [0.717, 1.165) is 36.0 Å². The first kappa shape index (κ1) is 21.2. The van der Waals surface area contributed by atoms with Gasteiger partial charge >= 0.3 is 0 Å². The molecule has 0 unspecified atom stereocenters. The molecule has 0 radical (unpaired) electrons. The number of quaternary nitrogens is 1. The molecule has 0 amide bonds. The zero-order valence-electron chi connectivity index (χ0n) is 18.2. The lowest BCUT2D eigenvalue weighted by molar-refractivity contribution is -0.932. The first-order valence-corrected chi connectivity index (χ1v) is 10.7. The summed E-state index contributed by atoms with van der Waals surface area (Å²) in [5.41, 5.74) is 2.03. The van der Waals surface area contributed by atoms with Crippen LogP contribution in [0.15, 0.2) is 42.5 Å². The maximum atomic E-state index is 13.3. The van der Waals surface area contributed by atoms with Crippen molar-refractivity contribution in [3.63, 3.8) is 0 Å². The van der Waals surface area contributed by atoms with E-state index in [0.29, 0.717) is 18.0 Å². The highest BCUT2D eigenvalue weighted by atomic mass is 19.1. The maximum absolute atomic E-state index is 13.3. The number of halogens is 1. The van der Waals surface area contributed by atoms with Gasteiger partial charge in [-0.25, -0.2) is 9.07 Å². The third-order valence-electron chi connectivity index (χ3n) is 6.13. The third kappa shape index (κ3) is 4.69. The van der Waals surface area contributed by atoms with Gasteiger partial charge in [-0.3, -0.25) is 0 Å². The summed E-state index contributed by atoms with van der Waals surface area (Å²) >= 11 is 0. The number of likely N-dealkylation sites (tertiary alicyclic amines) is 1. The van der Waals surface area contributed by atoms with Crippen LogP contribution in [0.2, 0.25) is 0 Å². The fourth-order valence-electron chi connectivity index (χ4n) is 4.32. The Hall–Kier alpha value is -3.00. The smallest absolute Gasteiger partial charge is 0.214 e. The number of hydrogen-bond acceptors (Lipinski definition) is 5. The van der Waals surface area contributed by atoms with Crippen molar-refractivity contribution in [2.75, 3.05) is 27.3 Å². The molecule has 31 heavy (non-hydrogen) atoms. The van der Waals surface area contributed by atoms with Gasteiger partial charge in [-0.05, 0) is 65.1 Å². The summed E-state index contributed by atoms with van der Waals surface area (Å²) < 4.78 is 26.1. The SMILES string of the molecule is COc1ccc([C@@H](c2nnnn2Cc2ccc(F)cc2)[NH+]2CCC(C)CC2)cc1OC. The number of benzene rings is 2. The number of hydrogen-bond donors (Lipinski definition) is 1. The largest absolute Gasteiger partial charge is 0.493 e. The summed E-state index contributed by atoms with van der Waals surface area (Å²) in [4.78, 5) is 1.43. The zero-order valence-corrected chi connectivity index (χ0v) is 18.2. The molecule has 164 valence electrons. The molecule has 1 aliphatic rings. The third-order valence-corrected chi connectivity index (χ3v) is 6.13. The van der Waals surface area contributed by atoms with Gasteiger partial charge in [-0.1, -0.05) is 19.1 Å². The Kier molecular flexibility index (Phi) is 6.46. The quantitative estimate of drug-likeness (QED) is 0.628. The van der Waals surface area contributed by atoms with Gasteiger partial charge in [0.2, 0.25) is 5.82 Å². The molecule has 1 aromatic heterocycles. The number of methoxy groups -OCH3 is 2. The summed E-state index contributed by atoms with van der Waals surface area (Å²) in [5.74, 6) is 2.65. The van der Waals surface area contributed by atoms with Gasteiger partial charge in [-0.2, -0.15) is 0 Å². The molecule has 1 atom stereocenters. The Labute approximate surface area is 181 Å². The van der Waals surface area contributed by atoms with Gasteiger partial charge in [-0.15, -0.1) is 5.10 Å². The molecular formula is C23H29FN5O2+. The number of piperidine rings is 1. The average Bonchev–Trinajstić information content (AvgIpc) is 3.24. The van der Waals surface area contributed by atoms with Gasteiger partial charge in [0.25, 0.3) is 0 Å². The number of aromatic nitrogens is 4. The van der Waals surface area contributed by atoms with E-state index in [1.807, 2.05) is 16.8 Å². The molecular weight excluding hydrogens is 397 g/mol. The predicted molar refractivity (Wildman–Crippen MR) is 114 cm³/mol. The minimum Gasteiger partial charge on any atom is -0.493 e. The highest BCUT2D eigenvalue weighted by Crippen LogP contribution is 2.31. The van der Waals surface area contributed by atoms with Crippen molar-refractivity contribution in [2.24, 2.45) is 5.92 Å². The van der Waals surface area contributed by atoms with Crippen molar-refractivity contribution in [1.29, 1.82) is 0 Å². The van der Waals surface area contributed by atoms with Crippen LogP contribution in [0.3, 0.4) is 0 Å². The molecule has 8 heteroatoms. The van der Waals surface area contributed by atoms with Gasteiger partial charge in [0, 0.05) is 5.56 Å². The van der Waals surface area contributed by atoms with Crippen LogP contribution in [0.5, 0.6) is 11.5 Å². The van der Waals surface area contributed by atoms with Gasteiger partial charge in [0.05, 0.1) is 33.9 Å². The van der Waals surface area contributed by atoms with Crippen LogP contribution in [-0.4, -0.2) is 47.5 Å². The first-order valence-electron chi connectivity index (χ1n) is 10.7. The topological polar surface area (TPSA) is 66.5 Å². The van der Waals surface area contributed by atoms with Gasteiger partial charge in [0.1, 0.15) is 5.82 Å². The van der Waals surface area contributed by atoms with E-state index in [-0.39, 0.29) is 11.9 Å². The maximum Gasteiger partial charge on any atom is 0.214 e. The molecule has 2 aromatic carbocycles. The minimum absolute atomic E-state index is 0.0391. The Bertz CT molecular complexity index is 999. The van der Waals surface area contributed by atoms with Crippen molar-refractivity contribution >= 4 is 0 Å². The molecule has 0 saturated carbocycles. The van der Waals surface area contributed by atoms with Crippen molar-refractivity contribution in [1.82, 2.24) is 20.2 Å². The van der Waals surface area contributed by atoms with E-state index in [1.54, 1.807) is 26.4 Å². The molecule has 0 aliphatic carbocycles. The summed E-state index contributed by atoms with van der Waals surface area (Å²) in [6.07, 6.45) is 2.33. The molecule has 0 bridgehead atoms. The highest BCUT2D eigenvalue weighted by molar-refractivity contribution is 5.44. The predicted octanol–water partition coefficient (Wildman–Crippen LogP) is 2.28. The fraction of sp³-hybridized carbons (Fsp3) is 0.435. The van der Waals surface area contributed by atoms with E-state index in [1.165, 1.54) is 29.9 Å². The van der Waals surface area contributed by atoms with Crippen molar-refractivity contribution in [2.45, 2.75) is 32.4 Å². The van der Waals surface area contributed by atoms with Crippen LogP contribution >= 0.6 is 0 Å². The van der Waals surface area contributed by atoms with Crippen LogP contribution in [0.1, 0.15) is 42.8 Å². The number of nitrogens with zero attached hydrogens (tertiary/aromatic N) is 4. The van der Waals surface area contributed by atoms with Gasteiger partial charge < -0.3 is 14.4 Å². The molecule has 7 nitrogen and oxygen atoms in total. The summed E-state index contributed by atoms with van der Waals surface area (Å²) in [5, 5.41) is 12.7. The standard InChI is InChI=1S/C23H28FN5O2/c1-16-10-12-28(13-11-16)22(18-6-9-20(30-2)21(14-18)31-3)23-25-26-27-29(23)15-17-4-7-19(24)8-5-17/h4-9,14,16,22H,10-13,15H2,1-3H3/p+1/t22-/m0/s1. The Morgan fingerprint density at radius 3 is 2.45 bits per heavy atom. The lowest BCUT2D eigenvalue weighted by atomic mass is 9.95. The molecule has 1 saturated heterocycles. The van der Waals surface area contributed by atoms with E-state index in [4.69, 9.17) is 9.47 Å². The molecule has 1 aliphatic heterocycles. The second-order valence-electron chi connectivity index (χ2n) is 8.21. The summed E-state index contributed by atoms with van der Waals surface area (Å²) in [6, 6.07) is 12.4. The Morgan fingerprint density at radius 2 is 1.77 bits per heavy atom. The van der Waals surface area contributed by atoms with Crippen LogP contribution in [-0.2, 0) is 6.54 Å². The molecule has 1 fully saturated rings. The average molecular weight is 427 g/mol. The summed E-state index contributed by atoms with van der Waals surface area (Å²) in [6.45, 7) is 4.88.